The number of anilines is 1. The van der Waals surface area contributed by atoms with Gasteiger partial charge in [-0.2, -0.15) is 0 Å². The Labute approximate surface area is 155 Å². The largest absolute Gasteiger partial charge is 0.339 e. The second kappa shape index (κ2) is 9.20. The summed E-state index contributed by atoms with van der Waals surface area (Å²) in [4.78, 5) is 26.5. The molecular formula is C19H28ClN3O2. The lowest BCUT2D eigenvalue weighted by molar-refractivity contribution is -0.117. The van der Waals surface area contributed by atoms with E-state index in [0.717, 1.165) is 57.5 Å². The van der Waals surface area contributed by atoms with Gasteiger partial charge in [0.2, 0.25) is 5.91 Å². The highest BCUT2D eigenvalue weighted by Gasteiger charge is 2.29. The number of halogens is 1. The predicted octanol–water partition coefficient (Wildman–Crippen LogP) is 2.92. The molecule has 0 radical (unpaired) electrons. The van der Waals surface area contributed by atoms with Crippen molar-refractivity contribution in [1.29, 1.82) is 0 Å². The Morgan fingerprint density at radius 2 is 1.88 bits per heavy atom. The van der Waals surface area contributed by atoms with Gasteiger partial charge in [-0.05, 0) is 62.9 Å². The van der Waals surface area contributed by atoms with Gasteiger partial charge in [0.15, 0.2) is 0 Å². The van der Waals surface area contributed by atoms with Crippen LogP contribution < -0.4 is 10.6 Å². The normalized spacial score (nSPS) is 17.7. The number of benzene rings is 1. The first-order valence-corrected chi connectivity index (χ1v) is 9.08. The second-order valence-electron chi connectivity index (χ2n) is 6.89. The van der Waals surface area contributed by atoms with Crippen molar-refractivity contribution in [3.05, 3.63) is 29.8 Å². The highest BCUT2D eigenvalue weighted by Crippen LogP contribution is 2.30. The lowest BCUT2D eigenvalue weighted by Crippen LogP contribution is -2.40. The summed E-state index contributed by atoms with van der Waals surface area (Å²) in [6, 6.07) is 7.32. The number of likely N-dealkylation sites (tertiary alicyclic amines) is 1. The lowest BCUT2D eigenvalue weighted by Gasteiger charge is -2.32. The molecule has 2 amide bonds. The highest BCUT2D eigenvalue weighted by atomic mass is 35.5. The Kier molecular flexibility index (Phi) is 7.26. The van der Waals surface area contributed by atoms with Crippen molar-refractivity contribution in [3.63, 3.8) is 0 Å². The van der Waals surface area contributed by atoms with Crippen LogP contribution in [0.25, 0.3) is 0 Å². The van der Waals surface area contributed by atoms with Crippen LogP contribution in [-0.2, 0) is 4.79 Å². The maximum absolute atomic E-state index is 12.7. The van der Waals surface area contributed by atoms with E-state index in [4.69, 9.17) is 0 Å². The molecule has 0 spiro atoms. The van der Waals surface area contributed by atoms with Crippen LogP contribution in [0.1, 0.15) is 43.0 Å². The van der Waals surface area contributed by atoms with Crippen LogP contribution in [0.4, 0.5) is 5.69 Å². The van der Waals surface area contributed by atoms with E-state index in [-0.39, 0.29) is 30.1 Å². The molecule has 1 aromatic rings. The maximum atomic E-state index is 12.7. The molecule has 0 aromatic heterocycles. The van der Waals surface area contributed by atoms with Crippen molar-refractivity contribution in [1.82, 2.24) is 10.2 Å². The molecule has 0 unspecified atom stereocenters. The molecule has 1 aromatic carbocycles. The van der Waals surface area contributed by atoms with Crippen LogP contribution in [0.15, 0.2) is 24.3 Å². The number of nitrogens with one attached hydrogen (secondary N) is 2. The van der Waals surface area contributed by atoms with E-state index in [9.17, 15) is 9.59 Å². The van der Waals surface area contributed by atoms with Gasteiger partial charge in [-0.1, -0.05) is 13.0 Å². The fraction of sp³-hybridized carbons (Fsp3) is 0.579. The Bertz CT molecular complexity index is 596. The molecule has 3 rings (SSSR count). The van der Waals surface area contributed by atoms with Crippen LogP contribution >= 0.6 is 12.4 Å². The van der Waals surface area contributed by atoms with Crippen LogP contribution in [0.5, 0.6) is 0 Å². The zero-order valence-corrected chi connectivity index (χ0v) is 15.6. The SMILES string of the molecule is CCNCC1CCN(C(=O)c2cccc(NC(=O)C3CC3)c2)CC1.Cl. The summed E-state index contributed by atoms with van der Waals surface area (Å²) in [6.07, 6.45) is 4.06. The van der Waals surface area contributed by atoms with Gasteiger partial charge in [-0.25, -0.2) is 0 Å². The van der Waals surface area contributed by atoms with E-state index in [1.54, 1.807) is 6.07 Å². The predicted molar refractivity (Wildman–Crippen MR) is 102 cm³/mol. The van der Waals surface area contributed by atoms with Crippen molar-refractivity contribution in [2.45, 2.75) is 32.6 Å². The van der Waals surface area contributed by atoms with Crippen LogP contribution in [0.3, 0.4) is 0 Å². The number of piperidine rings is 1. The topological polar surface area (TPSA) is 61.4 Å². The molecule has 1 saturated carbocycles. The molecular weight excluding hydrogens is 338 g/mol. The molecule has 138 valence electrons. The van der Waals surface area contributed by atoms with Crippen molar-refractivity contribution < 1.29 is 9.59 Å². The summed E-state index contributed by atoms with van der Waals surface area (Å²) in [6.45, 7) is 5.79. The summed E-state index contributed by atoms with van der Waals surface area (Å²) in [5, 5.41) is 6.30. The molecule has 2 N–H and O–H groups in total. The summed E-state index contributed by atoms with van der Waals surface area (Å²) in [5.41, 5.74) is 1.38. The molecule has 25 heavy (non-hydrogen) atoms. The first-order chi connectivity index (χ1) is 11.7. The minimum absolute atomic E-state index is 0. The fourth-order valence-corrected chi connectivity index (χ4v) is 3.19. The van der Waals surface area contributed by atoms with Gasteiger partial charge in [-0.3, -0.25) is 9.59 Å². The molecule has 5 nitrogen and oxygen atoms in total. The van der Waals surface area contributed by atoms with E-state index in [1.807, 2.05) is 23.1 Å². The third kappa shape index (κ3) is 5.44. The van der Waals surface area contributed by atoms with E-state index in [0.29, 0.717) is 11.5 Å². The van der Waals surface area contributed by atoms with Crippen LogP contribution in [-0.4, -0.2) is 42.9 Å². The van der Waals surface area contributed by atoms with Gasteiger partial charge >= 0.3 is 0 Å². The molecule has 1 saturated heterocycles. The van der Waals surface area contributed by atoms with Crippen molar-refractivity contribution in [3.8, 4) is 0 Å². The summed E-state index contributed by atoms with van der Waals surface area (Å²) >= 11 is 0. The number of rotatable bonds is 6. The molecule has 2 fully saturated rings. The first-order valence-electron chi connectivity index (χ1n) is 9.08. The van der Waals surface area contributed by atoms with E-state index >= 15 is 0 Å². The highest BCUT2D eigenvalue weighted by molar-refractivity contribution is 5.98. The molecule has 0 atom stereocenters. The number of amides is 2. The zero-order valence-electron chi connectivity index (χ0n) is 14.8. The Morgan fingerprint density at radius 3 is 2.52 bits per heavy atom. The molecule has 6 heteroatoms. The van der Waals surface area contributed by atoms with Gasteiger partial charge < -0.3 is 15.5 Å². The number of carbonyl (C=O) groups is 2. The second-order valence-corrected chi connectivity index (χ2v) is 6.89. The maximum Gasteiger partial charge on any atom is 0.253 e. The van der Waals surface area contributed by atoms with Gasteiger partial charge in [0.25, 0.3) is 5.91 Å². The minimum atomic E-state index is 0. The number of hydrogen-bond acceptors (Lipinski definition) is 3. The van der Waals surface area contributed by atoms with Crippen LogP contribution in [0, 0.1) is 11.8 Å². The third-order valence-electron chi connectivity index (χ3n) is 4.91. The van der Waals surface area contributed by atoms with E-state index < -0.39 is 0 Å². The van der Waals surface area contributed by atoms with E-state index in [2.05, 4.69) is 17.6 Å². The molecule has 0 bridgehead atoms. The van der Waals surface area contributed by atoms with Gasteiger partial charge in [-0.15, -0.1) is 12.4 Å². The first kappa shape index (κ1) is 19.7. The van der Waals surface area contributed by atoms with Crippen molar-refractivity contribution >= 4 is 29.9 Å². The summed E-state index contributed by atoms with van der Waals surface area (Å²) < 4.78 is 0. The average Bonchev–Trinajstić information content (AvgIpc) is 3.45. The third-order valence-corrected chi connectivity index (χ3v) is 4.91. The number of hydrogen-bond donors (Lipinski definition) is 2. The molecule has 1 heterocycles. The molecule has 1 aliphatic carbocycles. The smallest absolute Gasteiger partial charge is 0.253 e. The number of nitrogens with zero attached hydrogens (tertiary/aromatic N) is 1. The quantitative estimate of drug-likeness (QED) is 0.814. The number of carbonyl (C=O) groups excluding carboxylic acids is 2. The standard InChI is InChI=1S/C19H27N3O2.ClH/c1-2-20-13-14-8-10-22(11-9-14)19(24)16-4-3-5-17(12-16)21-18(23)15-6-7-15;/h3-5,12,14-15,20H,2,6-11,13H2,1H3,(H,21,23);1H. The lowest BCUT2D eigenvalue weighted by atomic mass is 9.96. The van der Waals surface area contributed by atoms with Gasteiger partial charge in [0.05, 0.1) is 0 Å². The summed E-state index contributed by atoms with van der Waals surface area (Å²) in [5.74, 6) is 0.974. The Hall–Kier alpha value is -1.59. The van der Waals surface area contributed by atoms with Crippen molar-refractivity contribution in [2.24, 2.45) is 11.8 Å². The van der Waals surface area contributed by atoms with Gasteiger partial charge in [0.1, 0.15) is 0 Å². The molecule has 1 aliphatic heterocycles. The zero-order chi connectivity index (χ0) is 16.9. The molecule has 2 aliphatic rings. The Balaban J connectivity index is 0.00000225. The Morgan fingerprint density at radius 1 is 1.16 bits per heavy atom. The van der Waals surface area contributed by atoms with Gasteiger partial charge in [0, 0.05) is 30.3 Å². The fourth-order valence-electron chi connectivity index (χ4n) is 3.19. The monoisotopic (exact) mass is 365 g/mol. The van der Waals surface area contributed by atoms with Crippen LogP contribution in [0.2, 0.25) is 0 Å². The average molecular weight is 366 g/mol. The summed E-state index contributed by atoms with van der Waals surface area (Å²) in [7, 11) is 0. The minimum Gasteiger partial charge on any atom is -0.339 e. The van der Waals surface area contributed by atoms with E-state index in [1.165, 1.54) is 0 Å². The van der Waals surface area contributed by atoms with Crippen molar-refractivity contribution in [2.75, 3.05) is 31.5 Å².